The minimum Gasteiger partial charge on any atom is -0.315 e. The Morgan fingerprint density at radius 1 is 1.47 bits per heavy atom. The molecule has 0 radical (unpaired) electrons. The lowest BCUT2D eigenvalue weighted by Crippen LogP contribution is -2.39. The van der Waals surface area contributed by atoms with Crippen LogP contribution in [0.3, 0.4) is 0 Å². The Labute approximate surface area is 106 Å². The van der Waals surface area contributed by atoms with Crippen molar-refractivity contribution in [1.29, 1.82) is 0 Å². The van der Waals surface area contributed by atoms with E-state index >= 15 is 0 Å². The molecule has 0 atom stereocenters. The summed E-state index contributed by atoms with van der Waals surface area (Å²) in [6.07, 6.45) is 3.06. The average Bonchev–Trinajstić information content (AvgIpc) is 2.56. The molecule has 1 aromatic heterocycles. The number of hydrogen-bond donors (Lipinski definition) is 2. The third kappa shape index (κ3) is 2.88. The maximum atomic E-state index is 12.1. The van der Waals surface area contributed by atoms with E-state index in [1.165, 1.54) is 11.3 Å². The van der Waals surface area contributed by atoms with Gasteiger partial charge < -0.3 is 5.32 Å². The molecule has 2 N–H and O–H groups in total. The summed E-state index contributed by atoms with van der Waals surface area (Å²) in [7, 11) is -1.44. The first kappa shape index (κ1) is 13.0. The van der Waals surface area contributed by atoms with E-state index in [1.807, 2.05) is 14.0 Å². The SMILES string of the molecule is CNCc1sc(S(=O)(=O)NC2CCC2)cc1C. The third-order valence-electron chi connectivity index (χ3n) is 3.03. The van der Waals surface area contributed by atoms with Gasteiger partial charge >= 0.3 is 0 Å². The highest BCUT2D eigenvalue weighted by Gasteiger charge is 2.26. The highest BCUT2D eigenvalue weighted by Crippen LogP contribution is 2.27. The van der Waals surface area contributed by atoms with Crippen LogP contribution in [0.2, 0.25) is 0 Å². The van der Waals surface area contributed by atoms with Gasteiger partial charge in [-0.3, -0.25) is 0 Å². The van der Waals surface area contributed by atoms with Crippen LogP contribution in [0, 0.1) is 6.92 Å². The number of hydrogen-bond acceptors (Lipinski definition) is 4. The summed E-state index contributed by atoms with van der Waals surface area (Å²) in [6, 6.07) is 1.91. The zero-order valence-corrected chi connectivity index (χ0v) is 11.7. The highest BCUT2D eigenvalue weighted by atomic mass is 32.2. The normalized spacial score (nSPS) is 17.1. The van der Waals surface area contributed by atoms with Crippen LogP contribution in [0.4, 0.5) is 0 Å². The predicted molar refractivity (Wildman–Crippen MR) is 69.8 cm³/mol. The Hall–Kier alpha value is -0.430. The minimum atomic E-state index is -3.30. The molecule has 1 aliphatic carbocycles. The van der Waals surface area contributed by atoms with Crippen molar-refractivity contribution in [2.75, 3.05) is 7.05 Å². The van der Waals surface area contributed by atoms with Crippen molar-refractivity contribution in [3.63, 3.8) is 0 Å². The molecule has 1 aliphatic rings. The quantitative estimate of drug-likeness (QED) is 0.857. The van der Waals surface area contributed by atoms with Gasteiger partial charge in [0.25, 0.3) is 0 Å². The highest BCUT2D eigenvalue weighted by molar-refractivity contribution is 7.91. The third-order valence-corrected chi connectivity index (χ3v) is 6.26. The van der Waals surface area contributed by atoms with Gasteiger partial charge in [0.05, 0.1) is 0 Å². The van der Waals surface area contributed by atoms with Crippen LogP contribution in [0.5, 0.6) is 0 Å². The molecular formula is C11H18N2O2S2. The zero-order valence-electron chi connectivity index (χ0n) is 10.1. The van der Waals surface area contributed by atoms with Crippen LogP contribution in [0.15, 0.2) is 10.3 Å². The maximum Gasteiger partial charge on any atom is 0.250 e. The minimum absolute atomic E-state index is 0.148. The van der Waals surface area contributed by atoms with Gasteiger partial charge in [0.15, 0.2) is 0 Å². The largest absolute Gasteiger partial charge is 0.315 e. The number of nitrogens with one attached hydrogen (secondary N) is 2. The second kappa shape index (κ2) is 5.06. The molecule has 0 unspecified atom stereocenters. The van der Waals surface area contributed by atoms with Gasteiger partial charge in [0.2, 0.25) is 10.0 Å². The van der Waals surface area contributed by atoms with Gasteiger partial charge in [-0.2, -0.15) is 0 Å². The summed E-state index contributed by atoms with van der Waals surface area (Å²) in [4.78, 5) is 1.08. The Kier molecular flexibility index (Phi) is 3.87. The van der Waals surface area contributed by atoms with E-state index < -0.39 is 10.0 Å². The molecular weight excluding hydrogens is 256 g/mol. The Morgan fingerprint density at radius 2 is 2.18 bits per heavy atom. The van der Waals surface area contributed by atoms with Gasteiger partial charge in [-0.25, -0.2) is 13.1 Å². The van der Waals surface area contributed by atoms with Crippen molar-refractivity contribution in [3.8, 4) is 0 Å². The van der Waals surface area contributed by atoms with Crippen LogP contribution >= 0.6 is 11.3 Å². The van der Waals surface area contributed by atoms with Gasteiger partial charge in [-0.15, -0.1) is 11.3 Å². The smallest absolute Gasteiger partial charge is 0.250 e. The molecule has 0 aromatic carbocycles. The monoisotopic (exact) mass is 274 g/mol. The number of rotatable bonds is 5. The average molecular weight is 274 g/mol. The predicted octanol–water partition coefficient (Wildman–Crippen LogP) is 1.61. The van der Waals surface area contributed by atoms with Gasteiger partial charge in [-0.05, 0) is 38.4 Å². The van der Waals surface area contributed by atoms with E-state index in [0.717, 1.165) is 36.2 Å². The number of sulfonamides is 1. The van der Waals surface area contributed by atoms with E-state index in [4.69, 9.17) is 0 Å². The molecule has 0 amide bonds. The number of aryl methyl sites for hydroxylation is 1. The summed E-state index contributed by atoms with van der Waals surface area (Å²) in [5, 5.41) is 3.05. The molecule has 1 saturated carbocycles. The van der Waals surface area contributed by atoms with E-state index in [1.54, 1.807) is 6.07 Å². The molecule has 6 heteroatoms. The summed E-state index contributed by atoms with van der Waals surface area (Å²) in [6.45, 7) is 2.67. The summed E-state index contributed by atoms with van der Waals surface area (Å²) in [5.74, 6) is 0. The first-order valence-corrected chi connectivity index (χ1v) is 8.09. The zero-order chi connectivity index (χ0) is 12.5. The van der Waals surface area contributed by atoms with E-state index in [2.05, 4.69) is 10.0 Å². The fourth-order valence-corrected chi connectivity index (χ4v) is 4.68. The molecule has 0 aliphatic heterocycles. The fourth-order valence-electron chi connectivity index (χ4n) is 1.76. The standard InChI is InChI=1S/C11H18N2O2S2/c1-8-6-11(16-10(8)7-12-2)17(14,15)13-9-4-3-5-9/h6,9,12-13H,3-5,7H2,1-2H3. The van der Waals surface area contributed by atoms with Gasteiger partial charge in [0.1, 0.15) is 4.21 Å². The van der Waals surface area contributed by atoms with Crippen LogP contribution in [0.1, 0.15) is 29.7 Å². The molecule has 1 heterocycles. The summed E-state index contributed by atoms with van der Waals surface area (Å²) in [5.41, 5.74) is 1.04. The van der Waals surface area contributed by atoms with E-state index in [9.17, 15) is 8.42 Å². The van der Waals surface area contributed by atoms with E-state index in [-0.39, 0.29) is 6.04 Å². The first-order valence-electron chi connectivity index (χ1n) is 5.79. The van der Waals surface area contributed by atoms with Gasteiger partial charge in [-0.1, -0.05) is 6.42 Å². The Morgan fingerprint density at radius 3 is 2.71 bits per heavy atom. The second-order valence-electron chi connectivity index (χ2n) is 4.45. The molecule has 4 nitrogen and oxygen atoms in total. The van der Waals surface area contributed by atoms with Crippen molar-refractivity contribution >= 4 is 21.4 Å². The van der Waals surface area contributed by atoms with Crippen molar-refractivity contribution in [2.24, 2.45) is 0 Å². The molecule has 1 aromatic rings. The Bertz CT molecular complexity index is 490. The van der Waals surface area contributed by atoms with Crippen LogP contribution < -0.4 is 10.0 Å². The molecule has 0 saturated heterocycles. The van der Waals surface area contributed by atoms with Crippen LogP contribution in [-0.4, -0.2) is 21.5 Å². The maximum absolute atomic E-state index is 12.1. The molecule has 0 spiro atoms. The van der Waals surface area contributed by atoms with Crippen molar-refractivity contribution in [2.45, 2.75) is 43.0 Å². The molecule has 0 bridgehead atoms. The number of thiophene rings is 1. The lowest BCUT2D eigenvalue weighted by molar-refractivity contribution is 0.384. The molecule has 96 valence electrons. The lowest BCUT2D eigenvalue weighted by atomic mass is 9.94. The second-order valence-corrected chi connectivity index (χ2v) is 7.53. The molecule has 2 rings (SSSR count). The summed E-state index contributed by atoms with van der Waals surface area (Å²) < 4.78 is 27.4. The van der Waals surface area contributed by atoms with Crippen molar-refractivity contribution in [3.05, 3.63) is 16.5 Å². The van der Waals surface area contributed by atoms with Crippen molar-refractivity contribution in [1.82, 2.24) is 10.0 Å². The van der Waals surface area contributed by atoms with Gasteiger partial charge in [0, 0.05) is 17.5 Å². The first-order chi connectivity index (χ1) is 8.03. The lowest BCUT2D eigenvalue weighted by Gasteiger charge is -2.25. The topological polar surface area (TPSA) is 58.2 Å². The molecule has 17 heavy (non-hydrogen) atoms. The molecule has 1 fully saturated rings. The van der Waals surface area contributed by atoms with Crippen LogP contribution in [-0.2, 0) is 16.6 Å². The Balaban J connectivity index is 2.17. The fraction of sp³-hybridized carbons (Fsp3) is 0.636. The van der Waals surface area contributed by atoms with E-state index in [0.29, 0.717) is 4.21 Å². The van der Waals surface area contributed by atoms with Crippen molar-refractivity contribution < 1.29 is 8.42 Å². The van der Waals surface area contributed by atoms with Crippen LogP contribution in [0.25, 0.3) is 0 Å². The summed E-state index contributed by atoms with van der Waals surface area (Å²) >= 11 is 1.35.